The summed E-state index contributed by atoms with van der Waals surface area (Å²) in [6.45, 7) is 0.554. The minimum atomic E-state index is -4.31. The molecule has 0 N–H and O–H groups in total. The molecule has 1 aliphatic heterocycles. The summed E-state index contributed by atoms with van der Waals surface area (Å²) in [5.41, 5.74) is -0.162. The molecule has 1 unspecified atom stereocenters. The van der Waals surface area contributed by atoms with Crippen LogP contribution in [0.3, 0.4) is 0 Å². The van der Waals surface area contributed by atoms with Crippen LogP contribution in [0.15, 0.2) is 18.3 Å². The third-order valence-electron chi connectivity index (χ3n) is 1.78. The van der Waals surface area contributed by atoms with E-state index in [1.165, 1.54) is 6.07 Å². The lowest BCUT2D eigenvalue weighted by Crippen LogP contribution is -2.05. The quantitative estimate of drug-likeness (QED) is 0.632. The lowest BCUT2D eigenvalue weighted by Gasteiger charge is -2.05. The second-order valence-corrected chi connectivity index (χ2v) is 2.79. The number of nitrogens with zero attached hydrogens (tertiary/aromatic N) is 1. The lowest BCUT2D eigenvalue weighted by molar-refractivity contribution is -0.137. The predicted octanol–water partition coefficient (Wildman–Crippen LogP) is 2.17. The Morgan fingerprint density at radius 2 is 2.08 bits per heavy atom. The fourth-order valence-corrected chi connectivity index (χ4v) is 0.982. The highest BCUT2D eigenvalue weighted by Crippen LogP contribution is 2.32. The van der Waals surface area contributed by atoms with E-state index >= 15 is 0 Å². The van der Waals surface area contributed by atoms with E-state index in [-0.39, 0.29) is 6.10 Å². The van der Waals surface area contributed by atoms with Gasteiger partial charge in [0.15, 0.2) is 0 Å². The Bertz CT molecular complexity index is 302. The largest absolute Gasteiger partial charge is 0.417 e. The van der Waals surface area contributed by atoms with Gasteiger partial charge in [0.25, 0.3) is 0 Å². The van der Waals surface area contributed by atoms with Crippen LogP contribution in [-0.2, 0) is 10.9 Å². The van der Waals surface area contributed by atoms with Crippen LogP contribution in [0.25, 0.3) is 0 Å². The van der Waals surface area contributed by atoms with Gasteiger partial charge in [0.1, 0.15) is 6.10 Å². The van der Waals surface area contributed by atoms with Gasteiger partial charge in [-0.15, -0.1) is 0 Å². The molecule has 0 spiro atoms. The summed E-state index contributed by atoms with van der Waals surface area (Å²) in [5.74, 6) is 0. The van der Waals surface area contributed by atoms with Crippen molar-refractivity contribution in [3.63, 3.8) is 0 Å². The predicted molar refractivity (Wildman–Crippen MR) is 37.9 cm³/mol. The fraction of sp³-hybridized carbons (Fsp3) is 0.375. The second-order valence-electron chi connectivity index (χ2n) is 2.79. The van der Waals surface area contributed by atoms with Gasteiger partial charge < -0.3 is 4.74 Å². The van der Waals surface area contributed by atoms with E-state index in [0.717, 1.165) is 12.3 Å². The fourth-order valence-electron chi connectivity index (χ4n) is 0.982. The minimum absolute atomic E-state index is 0.0951. The third kappa shape index (κ3) is 1.80. The summed E-state index contributed by atoms with van der Waals surface area (Å²) in [7, 11) is 0. The highest BCUT2D eigenvalue weighted by molar-refractivity contribution is 5.19. The highest BCUT2D eigenvalue weighted by Gasteiger charge is 2.32. The molecule has 5 heteroatoms. The van der Waals surface area contributed by atoms with Crippen molar-refractivity contribution >= 4 is 0 Å². The topological polar surface area (TPSA) is 25.4 Å². The Labute approximate surface area is 72.4 Å². The molecular weight excluding hydrogens is 183 g/mol. The van der Waals surface area contributed by atoms with Crippen molar-refractivity contribution in [2.45, 2.75) is 12.3 Å². The molecule has 2 rings (SSSR count). The van der Waals surface area contributed by atoms with Gasteiger partial charge in [-0.2, -0.15) is 13.2 Å². The Morgan fingerprint density at radius 3 is 2.46 bits per heavy atom. The molecule has 0 saturated carbocycles. The minimum Gasteiger partial charge on any atom is -0.366 e. The second kappa shape index (κ2) is 2.70. The summed E-state index contributed by atoms with van der Waals surface area (Å²) in [6, 6.07) is 2.37. The molecule has 1 fully saturated rings. The van der Waals surface area contributed by atoms with Crippen LogP contribution in [-0.4, -0.2) is 11.6 Å². The van der Waals surface area contributed by atoms with E-state index in [9.17, 15) is 13.2 Å². The normalized spacial score (nSPS) is 21.6. The average molecular weight is 189 g/mol. The number of pyridine rings is 1. The molecule has 0 aliphatic carbocycles. The van der Waals surface area contributed by atoms with Gasteiger partial charge in [-0.25, -0.2) is 0 Å². The Balaban J connectivity index is 2.22. The average Bonchev–Trinajstić information content (AvgIpc) is 2.85. The standard InChI is InChI=1S/C8H6F3NO/c9-8(10,11)5-1-2-6(12-3-5)7-4-13-7/h1-3,7H,4H2. The Morgan fingerprint density at radius 1 is 1.38 bits per heavy atom. The molecule has 13 heavy (non-hydrogen) atoms. The number of halogens is 3. The van der Waals surface area contributed by atoms with Gasteiger partial charge in [0.05, 0.1) is 17.9 Å². The summed E-state index contributed by atoms with van der Waals surface area (Å²) in [6.07, 6.45) is -3.57. The number of alkyl halides is 3. The Hall–Kier alpha value is -1.10. The van der Waals surface area contributed by atoms with Gasteiger partial charge in [-0.1, -0.05) is 0 Å². The number of ether oxygens (including phenoxy) is 1. The molecule has 2 nitrogen and oxygen atoms in total. The van der Waals surface area contributed by atoms with Crippen molar-refractivity contribution in [1.29, 1.82) is 0 Å². The van der Waals surface area contributed by atoms with Crippen molar-refractivity contribution in [3.05, 3.63) is 29.6 Å². The van der Waals surface area contributed by atoms with Crippen LogP contribution in [0.1, 0.15) is 17.4 Å². The molecule has 70 valence electrons. The first-order valence-corrected chi connectivity index (χ1v) is 3.72. The number of aromatic nitrogens is 1. The van der Waals surface area contributed by atoms with Gasteiger partial charge in [0, 0.05) is 6.20 Å². The number of hydrogen-bond donors (Lipinski definition) is 0. The van der Waals surface area contributed by atoms with E-state index in [0.29, 0.717) is 12.3 Å². The van der Waals surface area contributed by atoms with Crippen LogP contribution in [0.2, 0.25) is 0 Å². The van der Waals surface area contributed by atoms with E-state index in [4.69, 9.17) is 4.74 Å². The van der Waals surface area contributed by atoms with E-state index < -0.39 is 11.7 Å². The van der Waals surface area contributed by atoms with E-state index in [1.54, 1.807) is 0 Å². The molecule has 1 aromatic heterocycles. The van der Waals surface area contributed by atoms with Crippen LogP contribution >= 0.6 is 0 Å². The summed E-state index contributed by atoms with van der Waals surface area (Å²) in [5, 5.41) is 0. The van der Waals surface area contributed by atoms with E-state index in [1.807, 2.05) is 0 Å². The monoisotopic (exact) mass is 189 g/mol. The molecule has 1 saturated heterocycles. The molecule has 0 aromatic carbocycles. The van der Waals surface area contributed by atoms with Gasteiger partial charge in [-0.3, -0.25) is 4.98 Å². The lowest BCUT2D eigenvalue weighted by atomic mass is 10.2. The van der Waals surface area contributed by atoms with Crippen molar-refractivity contribution in [2.75, 3.05) is 6.61 Å². The molecule has 1 aliphatic rings. The maximum atomic E-state index is 12.1. The van der Waals surface area contributed by atoms with Crippen LogP contribution in [0.4, 0.5) is 13.2 Å². The SMILES string of the molecule is FC(F)(F)c1ccc(C2CO2)nc1. The van der Waals surface area contributed by atoms with Gasteiger partial charge in [0.2, 0.25) is 0 Å². The highest BCUT2D eigenvalue weighted by atomic mass is 19.4. The van der Waals surface area contributed by atoms with Gasteiger partial charge in [-0.05, 0) is 12.1 Å². The first-order chi connectivity index (χ1) is 6.07. The molecule has 0 radical (unpaired) electrons. The van der Waals surface area contributed by atoms with Crippen LogP contribution in [0.5, 0.6) is 0 Å². The summed E-state index contributed by atoms with van der Waals surface area (Å²) >= 11 is 0. The van der Waals surface area contributed by atoms with Crippen molar-refractivity contribution in [2.24, 2.45) is 0 Å². The maximum absolute atomic E-state index is 12.1. The van der Waals surface area contributed by atoms with Crippen molar-refractivity contribution in [1.82, 2.24) is 4.98 Å². The maximum Gasteiger partial charge on any atom is 0.417 e. The molecule has 2 heterocycles. The Kier molecular flexibility index (Phi) is 1.76. The molecule has 0 bridgehead atoms. The molecular formula is C8H6F3NO. The zero-order valence-corrected chi connectivity index (χ0v) is 6.51. The summed E-state index contributed by atoms with van der Waals surface area (Å²) in [4.78, 5) is 3.66. The third-order valence-corrected chi connectivity index (χ3v) is 1.78. The number of rotatable bonds is 1. The zero-order valence-electron chi connectivity index (χ0n) is 6.51. The van der Waals surface area contributed by atoms with Crippen LogP contribution in [0, 0.1) is 0 Å². The summed E-state index contributed by atoms with van der Waals surface area (Å²) < 4.78 is 41.1. The molecule has 0 amide bonds. The number of hydrogen-bond acceptors (Lipinski definition) is 2. The van der Waals surface area contributed by atoms with E-state index in [2.05, 4.69) is 4.98 Å². The van der Waals surface area contributed by atoms with Crippen molar-refractivity contribution in [3.8, 4) is 0 Å². The number of epoxide rings is 1. The molecule has 1 aromatic rings. The smallest absolute Gasteiger partial charge is 0.366 e. The van der Waals surface area contributed by atoms with Crippen molar-refractivity contribution < 1.29 is 17.9 Å². The van der Waals surface area contributed by atoms with Crippen LogP contribution < -0.4 is 0 Å². The van der Waals surface area contributed by atoms with Gasteiger partial charge >= 0.3 is 6.18 Å². The molecule has 1 atom stereocenters. The first-order valence-electron chi connectivity index (χ1n) is 3.72. The zero-order chi connectivity index (χ0) is 9.47. The first kappa shape index (κ1) is 8.50.